The van der Waals surface area contributed by atoms with Crippen LogP contribution in [0.25, 0.3) is 0 Å². The van der Waals surface area contributed by atoms with Crippen molar-refractivity contribution in [3.63, 3.8) is 0 Å². The van der Waals surface area contributed by atoms with Crippen molar-refractivity contribution in [1.29, 1.82) is 0 Å². The van der Waals surface area contributed by atoms with Crippen LogP contribution in [-0.2, 0) is 9.53 Å². The van der Waals surface area contributed by atoms with E-state index >= 15 is 0 Å². The van der Waals surface area contributed by atoms with Crippen LogP contribution in [-0.4, -0.2) is 24.7 Å². The maximum Gasteiger partial charge on any atom is 0.221 e. The van der Waals surface area contributed by atoms with Gasteiger partial charge in [0.2, 0.25) is 5.91 Å². The second kappa shape index (κ2) is 4.98. The lowest BCUT2D eigenvalue weighted by Crippen LogP contribution is -2.53. The van der Waals surface area contributed by atoms with E-state index in [0.717, 1.165) is 23.4 Å². The highest BCUT2D eigenvalue weighted by molar-refractivity contribution is 5.89. The Hall–Kier alpha value is -1.55. The van der Waals surface area contributed by atoms with Gasteiger partial charge < -0.3 is 14.8 Å². The molecule has 1 aromatic rings. The third-order valence-corrected chi connectivity index (χ3v) is 3.22. The minimum Gasteiger partial charge on any atom is -0.482 e. The van der Waals surface area contributed by atoms with E-state index in [4.69, 9.17) is 9.47 Å². The van der Waals surface area contributed by atoms with Gasteiger partial charge in [-0.25, -0.2) is 0 Å². The number of amides is 1. The highest BCUT2D eigenvalue weighted by Crippen LogP contribution is 2.30. The first-order chi connectivity index (χ1) is 8.54. The molecule has 18 heavy (non-hydrogen) atoms. The van der Waals surface area contributed by atoms with Crippen LogP contribution in [0, 0.1) is 6.92 Å². The van der Waals surface area contributed by atoms with Crippen LogP contribution in [0.4, 0.5) is 5.69 Å². The van der Waals surface area contributed by atoms with Crippen molar-refractivity contribution >= 4 is 11.6 Å². The molecule has 1 fully saturated rings. The summed E-state index contributed by atoms with van der Waals surface area (Å²) in [6.07, 6.45) is 0.930. The van der Waals surface area contributed by atoms with Gasteiger partial charge in [0.25, 0.3) is 0 Å². The van der Waals surface area contributed by atoms with Gasteiger partial charge in [0.05, 0.1) is 13.2 Å². The second-order valence-electron chi connectivity index (χ2n) is 4.79. The molecule has 1 heterocycles. The first-order valence-corrected chi connectivity index (χ1v) is 6.20. The summed E-state index contributed by atoms with van der Waals surface area (Å²) >= 11 is 0. The fraction of sp³-hybridized carbons (Fsp3) is 0.500. The predicted molar refractivity (Wildman–Crippen MR) is 70.0 cm³/mol. The molecule has 4 nitrogen and oxygen atoms in total. The first-order valence-electron chi connectivity index (χ1n) is 6.20. The maximum atomic E-state index is 11.0. The molecular formula is C14H19NO3. The molecular weight excluding hydrogens is 230 g/mol. The van der Waals surface area contributed by atoms with Gasteiger partial charge in [-0.2, -0.15) is 0 Å². The molecule has 1 aliphatic rings. The maximum absolute atomic E-state index is 11.0. The van der Waals surface area contributed by atoms with Crippen LogP contribution in [0.5, 0.6) is 5.75 Å². The third-order valence-electron chi connectivity index (χ3n) is 3.22. The van der Waals surface area contributed by atoms with E-state index in [9.17, 15) is 4.79 Å². The zero-order valence-electron chi connectivity index (χ0n) is 11.1. The minimum absolute atomic E-state index is 0.0656. The zero-order valence-corrected chi connectivity index (χ0v) is 11.1. The quantitative estimate of drug-likeness (QED) is 0.892. The lowest BCUT2D eigenvalue weighted by molar-refractivity contribution is -0.162. The van der Waals surface area contributed by atoms with Crippen LogP contribution in [0.3, 0.4) is 0 Å². The Morgan fingerprint density at radius 2 is 2.22 bits per heavy atom. The van der Waals surface area contributed by atoms with Crippen LogP contribution >= 0.6 is 0 Å². The predicted octanol–water partition coefficient (Wildman–Crippen LogP) is 2.51. The van der Waals surface area contributed by atoms with E-state index in [1.165, 1.54) is 6.92 Å². The molecule has 0 radical (unpaired) electrons. The van der Waals surface area contributed by atoms with E-state index in [1.807, 2.05) is 25.1 Å². The summed E-state index contributed by atoms with van der Waals surface area (Å²) in [6, 6.07) is 5.70. The molecule has 0 unspecified atom stereocenters. The zero-order chi connectivity index (χ0) is 13.2. The molecule has 0 bridgehead atoms. The van der Waals surface area contributed by atoms with Crippen LogP contribution in [0.15, 0.2) is 18.2 Å². The van der Waals surface area contributed by atoms with Gasteiger partial charge in [0, 0.05) is 12.6 Å². The molecule has 0 aromatic heterocycles. The second-order valence-corrected chi connectivity index (χ2v) is 4.79. The van der Waals surface area contributed by atoms with E-state index in [-0.39, 0.29) is 11.5 Å². The van der Waals surface area contributed by atoms with E-state index in [2.05, 4.69) is 12.2 Å². The number of carbonyl (C=O) groups excluding carboxylic acids is 1. The van der Waals surface area contributed by atoms with Crippen molar-refractivity contribution in [3.8, 4) is 5.75 Å². The molecule has 2 rings (SSSR count). The summed E-state index contributed by atoms with van der Waals surface area (Å²) in [5, 5.41) is 2.79. The number of rotatable bonds is 4. The summed E-state index contributed by atoms with van der Waals surface area (Å²) in [6.45, 7) is 6.85. The van der Waals surface area contributed by atoms with Crippen LogP contribution in [0.2, 0.25) is 0 Å². The minimum atomic E-state index is -0.165. The smallest absolute Gasteiger partial charge is 0.221 e. The monoisotopic (exact) mass is 249 g/mol. The molecule has 0 saturated carbocycles. The van der Waals surface area contributed by atoms with Gasteiger partial charge >= 0.3 is 0 Å². The number of anilines is 1. The van der Waals surface area contributed by atoms with Crippen LogP contribution in [0.1, 0.15) is 25.8 Å². The van der Waals surface area contributed by atoms with Crippen molar-refractivity contribution in [3.05, 3.63) is 23.8 Å². The van der Waals surface area contributed by atoms with Gasteiger partial charge in [-0.1, -0.05) is 6.92 Å². The molecule has 1 saturated heterocycles. The average Bonchev–Trinajstić information content (AvgIpc) is 2.27. The van der Waals surface area contributed by atoms with Gasteiger partial charge in [0.1, 0.15) is 5.75 Å². The van der Waals surface area contributed by atoms with E-state index < -0.39 is 0 Å². The highest BCUT2D eigenvalue weighted by atomic mass is 16.6. The molecule has 0 aliphatic carbocycles. The topological polar surface area (TPSA) is 47.6 Å². The fourth-order valence-corrected chi connectivity index (χ4v) is 1.94. The number of aryl methyl sites for hydroxylation is 1. The Balaban J connectivity index is 2.11. The van der Waals surface area contributed by atoms with Crippen LogP contribution < -0.4 is 10.1 Å². The molecule has 0 spiro atoms. The molecule has 0 atom stereocenters. The highest BCUT2D eigenvalue weighted by Gasteiger charge is 2.39. The van der Waals surface area contributed by atoms with Gasteiger partial charge in [-0.3, -0.25) is 4.79 Å². The van der Waals surface area contributed by atoms with Crippen molar-refractivity contribution < 1.29 is 14.3 Å². The van der Waals surface area contributed by atoms with Crippen molar-refractivity contribution in [2.75, 3.05) is 18.5 Å². The molecule has 4 heteroatoms. The lowest BCUT2D eigenvalue weighted by atomic mass is 9.98. The Morgan fingerprint density at radius 1 is 1.50 bits per heavy atom. The Morgan fingerprint density at radius 3 is 2.67 bits per heavy atom. The fourth-order valence-electron chi connectivity index (χ4n) is 1.94. The number of hydrogen-bond donors (Lipinski definition) is 1. The van der Waals surface area contributed by atoms with Crippen molar-refractivity contribution in [2.45, 2.75) is 32.8 Å². The van der Waals surface area contributed by atoms with E-state index in [1.54, 1.807) is 0 Å². The normalized spacial score (nSPS) is 16.8. The number of carbonyl (C=O) groups is 1. The van der Waals surface area contributed by atoms with Gasteiger partial charge in [0.15, 0.2) is 5.60 Å². The standard InChI is InChI=1S/C14H19NO3/c1-4-14(8-17-9-14)18-12-5-6-13(10(2)7-12)15-11(3)16/h5-7H,4,8-9H2,1-3H3,(H,15,16). The van der Waals surface area contributed by atoms with E-state index in [0.29, 0.717) is 13.2 Å². The number of ether oxygens (including phenoxy) is 2. The summed E-state index contributed by atoms with van der Waals surface area (Å²) in [7, 11) is 0. The van der Waals surface area contributed by atoms with Crippen molar-refractivity contribution in [1.82, 2.24) is 0 Å². The lowest BCUT2D eigenvalue weighted by Gasteiger charge is -2.40. The SMILES string of the molecule is CCC1(Oc2ccc(NC(C)=O)c(C)c2)COC1. The average molecular weight is 249 g/mol. The number of nitrogens with one attached hydrogen (secondary N) is 1. The molecule has 1 aliphatic heterocycles. The van der Waals surface area contributed by atoms with Gasteiger partial charge in [-0.05, 0) is 37.1 Å². The number of hydrogen-bond acceptors (Lipinski definition) is 3. The summed E-state index contributed by atoms with van der Waals surface area (Å²) < 4.78 is 11.2. The molecule has 1 aromatic carbocycles. The van der Waals surface area contributed by atoms with Crippen molar-refractivity contribution in [2.24, 2.45) is 0 Å². The summed E-state index contributed by atoms with van der Waals surface area (Å²) in [5.41, 5.74) is 1.65. The van der Waals surface area contributed by atoms with Gasteiger partial charge in [-0.15, -0.1) is 0 Å². The number of benzene rings is 1. The molecule has 98 valence electrons. The Kier molecular flexibility index (Phi) is 3.57. The third kappa shape index (κ3) is 2.64. The first kappa shape index (κ1) is 12.9. The molecule has 1 N–H and O–H groups in total. The molecule has 1 amide bonds. The largest absolute Gasteiger partial charge is 0.482 e. The summed E-state index contributed by atoms with van der Waals surface area (Å²) in [4.78, 5) is 11.0. The Labute approximate surface area is 107 Å². The Bertz CT molecular complexity index is 447. The summed E-state index contributed by atoms with van der Waals surface area (Å²) in [5.74, 6) is 0.760.